The lowest BCUT2D eigenvalue weighted by Gasteiger charge is -2.07. The molecule has 0 heterocycles. The Morgan fingerprint density at radius 1 is 0.727 bits per heavy atom. The first-order valence-corrected chi connectivity index (χ1v) is 9.80. The van der Waals surface area contributed by atoms with Gasteiger partial charge in [-0.25, -0.2) is 22.0 Å². The van der Waals surface area contributed by atoms with E-state index in [-0.39, 0.29) is 16.3 Å². The molecule has 0 radical (unpaired) electrons. The summed E-state index contributed by atoms with van der Waals surface area (Å²) in [4.78, 5) is 0. The van der Waals surface area contributed by atoms with Crippen molar-refractivity contribution in [2.75, 3.05) is 6.61 Å². The smallest absolute Gasteiger partial charge is 0.195 e. The van der Waals surface area contributed by atoms with Crippen LogP contribution in [0.15, 0.2) is 73.3 Å². The van der Waals surface area contributed by atoms with Gasteiger partial charge in [-0.15, -0.1) is 0 Å². The second-order valence-corrected chi connectivity index (χ2v) is 7.11. The molecule has 0 unspecified atom stereocenters. The van der Waals surface area contributed by atoms with Crippen molar-refractivity contribution in [3.63, 3.8) is 0 Å². The van der Waals surface area contributed by atoms with E-state index in [1.165, 1.54) is 30.3 Å². The van der Waals surface area contributed by atoms with Crippen LogP contribution >= 0.6 is 0 Å². The first kappa shape index (κ1) is 22.1. The molecule has 0 spiro atoms. The van der Waals surface area contributed by atoms with Gasteiger partial charge in [-0.05, 0) is 59.0 Å². The van der Waals surface area contributed by atoms with E-state index >= 15 is 0 Å². The van der Waals surface area contributed by atoms with Crippen molar-refractivity contribution < 1.29 is 26.7 Å². The minimum atomic E-state index is -1.57. The van der Waals surface area contributed by atoms with Crippen LogP contribution in [0.4, 0.5) is 22.0 Å². The summed E-state index contributed by atoms with van der Waals surface area (Å²) < 4.78 is 75.4. The third-order valence-corrected chi connectivity index (χ3v) is 4.90. The maximum absolute atomic E-state index is 14.6. The van der Waals surface area contributed by atoms with Crippen molar-refractivity contribution in [1.29, 1.82) is 0 Å². The number of halogens is 5. The van der Waals surface area contributed by atoms with Crippen molar-refractivity contribution in [2.24, 2.45) is 0 Å². The summed E-state index contributed by atoms with van der Waals surface area (Å²) >= 11 is 0. The number of rotatable bonds is 4. The predicted octanol–water partition coefficient (Wildman–Crippen LogP) is 7.17. The van der Waals surface area contributed by atoms with Crippen LogP contribution in [0.3, 0.4) is 0 Å². The molecule has 33 heavy (non-hydrogen) atoms. The predicted molar refractivity (Wildman–Crippen MR) is 117 cm³/mol. The third kappa shape index (κ3) is 4.58. The molecule has 4 rings (SSSR count). The zero-order valence-corrected chi connectivity index (χ0v) is 17.1. The van der Waals surface area contributed by atoms with Crippen molar-refractivity contribution in [3.05, 3.63) is 114 Å². The van der Waals surface area contributed by atoms with Crippen LogP contribution in [-0.2, 0) is 0 Å². The molecular weight excluding hydrogens is 435 g/mol. The van der Waals surface area contributed by atoms with E-state index < -0.39 is 34.6 Å². The topological polar surface area (TPSA) is 9.23 Å². The molecule has 164 valence electrons. The molecule has 0 aromatic heterocycles. The molecule has 0 saturated heterocycles. The SMILES string of the molecule is C=CCOc1ccc(-c2cc(F)c(C#Cc3ccc4c(F)c(F)c(F)cc4c3)c(F)c2)cc1. The highest BCUT2D eigenvalue weighted by molar-refractivity contribution is 5.84. The summed E-state index contributed by atoms with van der Waals surface area (Å²) in [5.74, 6) is -0.321. The quantitative estimate of drug-likeness (QED) is 0.139. The van der Waals surface area contributed by atoms with E-state index in [4.69, 9.17) is 4.74 Å². The standard InChI is InChI=1S/C27H15F5O/c1-2-11-33-20-7-5-17(6-8-20)18-13-23(28)22(24(29)14-18)10-4-16-3-9-21-19(12-16)15-25(30)27(32)26(21)31/h2-3,5-9,12-15H,1,11H2. The third-order valence-electron chi connectivity index (χ3n) is 4.90. The molecule has 6 heteroatoms. The van der Waals surface area contributed by atoms with Gasteiger partial charge in [-0.3, -0.25) is 0 Å². The van der Waals surface area contributed by atoms with Gasteiger partial charge in [0.1, 0.15) is 24.0 Å². The van der Waals surface area contributed by atoms with Gasteiger partial charge >= 0.3 is 0 Å². The molecule has 0 saturated carbocycles. The van der Waals surface area contributed by atoms with Crippen LogP contribution < -0.4 is 4.74 Å². The maximum Gasteiger partial charge on any atom is 0.195 e. The van der Waals surface area contributed by atoms with Gasteiger partial charge in [0.25, 0.3) is 0 Å². The fraction of sp³-hybridized carbons (Fsp3) is 0.0370. The Labute approximate surface area is 186 Å². The van der Waals surface area contributed by atoms with E-state index in [0.29, 0.717) is 23.5 Å². The Kier molecular flexibility index (Phi) is 6.14. The van der Waals surface area contributed by atoms with E-state index in [2.05, 4.69) is 18.4 Å². The average Bonchev–Trinajstić information content (AvgIpc) is 2.81. The fourth-order valence-electron chi connectivity index (χ4n) is 3.28. The summed E-state index contributed by atoms with van der Waals surface area (Å²) in [5, 5.41) is -0.0444. The first-order chi connectivity index (χ1) is 15.9. The second kappa shape index (κ2) is 9.17. The largest absolute Gasteiger partial charge is 0.490 e. The van der Waals surface area contributed by atoms with Crippen LogP contribution in [0.2, 0.25) is 0 Å². The minimum absolute atomic E-state index is 0.0787. The number of fused-ring (bicyclic) bond motifs is 1. The van der Waals surface area contributed by atoms with Crippen LogP contribution in [0.5, 0.6) is 5.75 Å². The highest BCUT2D eigenvalue weighted by Gasteiger charge is 2.14. The molecule has 0 aliphatic rings. The van der Waals surface area contributed by atoms with Crippen molar-refractivity contribution in [3.8, 4) is 28.7 Å². The molecular formula is C27H15F5O. The molecule has 0 fully saturated rings. The summed E-state index contributed by atoms with van der Waals surface area (Å²) in [6, 6.07) is 13.8. The van der Waals surface area contributed by atoms with Gasteiger partial charge in [-0.1, -0.05) is 42.7 Å². The summed E-state index contributed by atoms with van der Waals surface area (Å²) in [6.45, 7) is 3.90. The van der Waals surface area contributed by atoms with E-state index in [0.717, 1.165) is 6.07 Å². The lowest BCUT2D eigenvalue weighted by atomic mass is 10.0. The summed E-state index contributed by atoms with van der Waals surface area (Å²) in [6.07, 6.45) is 1.60. The molecule has 4 aromatic rings. The van der Waals surface area contributed by atoms with E-state index in [1.807, 2.05) is 0 Å². The number of hydrogen-bond donors (Lipinski definition) is 0. The monoisotopic (exact) mass is 450 g/mol. The van der Waals surface area contributed by atoms with E-state index in [1.54, 1.807) is 30.3 Å². The van der Waals surface area contributed by atoms with Gasteiger partial charge < -0.3 is 4.74 Å². The van der Waals surface area contributed by atoms with Crippen LogP contribution in [0.25, 0.3) is 21.9 Å². The van der Waals surface area contributed by atoms with Crippen molar-refractivity contribution >= 4 is 10.8 Å². The minimum Gasteiger partial charge on any atom is -0.490 e. The second-order valence-electron chi connectivity index (χ2n) is 7.11. The molecule has 0 amide bonds. The number of benzene rings is 4. The Morgan fingerprint density at radius 2 is 1.42 bits per heavy atom. The molecule has 0 atom stereocenters. The van der Waals surface area contributed by atoms with Gasteiger partial charge in [0.05, 0.1) is 5.56 Å². The van der Waals surface area contributed by atoms with Gasteiger partial charge in [-0.2, -0.15) is 0 Å². The Bertz CT molecular complexity index is 1410. The van der Waals surface area contributed by atoms with Crippen molar-refractivity contribution in [2.45, 2.75) is 0 Å². The number of ether oxygens (including phenoxy) is 1. The van der Waals surface area contributed by atoms with Crippen LogP contribution in [-0.4, -0.2) is 6.61 Å². The van der Waals surface area contributed by atoms with Crippen LogP contribution in [0, 0.1) is 40.9 Å². The molecule has 1 nitrogen and oxygen atoms in total. The lowest BCUT2D eigenvalue weighted by Crippen LogP contribution is -1.94. The summed E-state index contributed by atoms with van der Waals surface area (Å²) in [7, 11) is 0. The zero-order valence-electron chi connectivity index (χ0n) is 17.1. The lowest BCUT2D eigenvalue weighted by molar-refractivity contribution is 0.363. The van der Waals surface area contributed by atoms with Crippen LogP contribution in [0.1, 0.15) is 11.1 Å². The Hall–Kier alpha value is -4.11. The first-order valence-electron chi connectivity index (χ1n) is 9.80. The molecule has 0 aliphatic carbocycles. The fourth-order valence-corrected chi connectivity index (χ4v) is 3.28. The Balaban J connectivity index is 1.64. The van der Waals surface area contributed by atoms with Gasteiger partial charge in [0, 0.05) is 10.9 Å². The Morgan fingerprint density at radius 3 is 2.09 bits per heavy atom. The molecule has 0 aliphatic heterocycles. The highest BCUT2D eigenvalue weighted by atomic mass is 19.2. The average molecular weight is 450 g/mol. The molecule has 0 N–H and O–H groups in total. The number of hydrogen-bond acceptors (Lipinski definition) is 1. The molecule has 0 bridgehead atoms. The van der Waals surface area contributed by atoms with Gasteiger partial charge in [0.15, 0.2) is 17.5 Å². The zero-order chi connectivity index (χ0) is 23.5. The maximum atomic E-state index is 14.6. The normalized spacial score (nSPS) is 10.6. The van der Waals surface area contributed by atoms with Crippen molar-refractivity contribution in [1.82, 2.24) is 0 Å². The van der Waals surface area contributed by atoms with E-state index in [9.17, 15) is 22.0 Å². The van der Waals surface area contributed by atoms with Gasteiger partial charge in [0.2, 0.25) is 0 Å². The highest BCUT2D eigenvalue weighted by Crippen LogP contribution is 2.27. The molecule has 4 aromatic carbocycles. The summed E-state index contributed by atoms with van der Waals surface area (Å²) in [5.41, 5.74) is 0.723.